The molecule has 1 N–H and O–H groups in total. The molecular formula is C11H16ClNOS. The van der Waals surface area contributed by atoms with Gasteiger partial charge in [0.15, 0.2) is 0 Å². The van der Waals surface area contributed by atoms with Crippen LogP contribution in [0, 0.1) is 0 Å². The number of hydrogen-bond acceptors (Lipinski definition) is 2. The zero-order chi connectivity index (χ0) is 11.1. The van der Waals surface area contributed by atoms with Gasteiger partial charge in [-0.3, -0.25) is 4.79 Å². The molecule has 0 unspecified atom stereocenters. The van der Waals surface area contributed by atoms with Crippen molar-refractivity contribution in [3.05, 3.63) is 22.4 Å². The first-order valence-electron chi connectivity index (χ1n) is 5.12. The summed E-state index contributed by atoms with van der Waals surface area (Å²) in [5.74, 6) is 0.745. The second-order valence-corrected chi connectivity index (χ2v) is 4.81. The highest BCUT2D eigenvalue weighted by atomic mass is 35.5. The first kappa shape index (κ1) is 12.5. The maximum absolute atomic E-state index is 11.5. The predicted octanol–water partition coefficient (Wildman–Crippen LogP) is 3.33. The number of carbonyl (C=O) groups is 1. The SMILES string of the molecule is C[C@H](NC(=O)CCCCCl)c1cccs1. The van der Waals surface area contributed by atoms with E-state index in [0.29, 0.717) is 12.3 Å². The molecule has 4 heteroatoms. The van der Waals surface area contributed by atoms with Gasteiger partial charge in [-0.1, -0.05) is 6.07 Å². The van der Waals surface area contributed by atoms with E-state index in [1.165, 1.54) is 4.88 Å². The van der Waals surface area contributed by atoms with Crippen LogP contribution in [0.3, 0.4) is 0 Å². The van der Waals surface area contributed by atoms with Gasteiger partial charge in [0.25, 0.3) is 0 Å². The number of rotatable bonds is 6. The van der Waals surface area contributed by atoms with Crippen LogP contribution in [0.2, 0.25) is 0 Å². The van der Waals surface area contributed by atoms with Crippen molar-refractivity contribution in [2.24, 2.45) is 0 Å². The molecule has 0 spiro atoms. The fourth-order valence-electron chi connectivity index (χ4n) is 1.30. The first-order valence-corrected chi connectivity index (χ1v) is 6.54. The molecule has 0 aliphatic heterocycles. The molecule has 1 amide bonds. The lowest BCUT2D eigenvalue weighted by molar-refractivity contribution is -0.121. The highest BCUT2D eigenvalue weighted by Gasteiger charge is 2.09. The van der Waals surface area contributed by atoms with E-state index in [2.05, 4.69) is 5.32 Å². The number of hydrogen-bond donors (Lipinski definition) is 1. The van der Waals surface area contributed by atoms with Gasteiger partial charge in [0, 0.05) is 17.2 Å². The Bertz CT molecular complexity index is 287. The molecule has 0 saturated heterocycles. The van der Waals surface area contributed by atoms with Crippen molar-refractivity contribution in [2.45, 2.75) is 32.2 Å². The zero-order valence-corrected chi connectivity index (χ0v) is 10.4. The summed E-state index contributed by atoms with van der Waals surface area (Å²) in [5.41, 5.74) is 0. The van der Waals surface area contributed by atoms with Crippen LogP contribution in [0.25, 0.3) is 0 Å². The van der Waals surface area contributed by atoms with Crippen LogP contribution in [0.15, 0.2) is 17.5 Å². The fraction of sp³-hybridized carbons (Fsp3) is 0.545. The molecule has 15 heavy (non-hydrogen) atoms. The van der Waals surface area contributed by atoms with Crippen molar-refractivity contribution in [2.75, 3.05) is 5.88 Å². The van der Waals surface area contributed by atoms with E-state index in [1.54, 1.807) is 11.3 Å². The molecule has 1 aromatic heterocycles. The molecule has 0 aromatic carbocycles. The summed E-state index contributed by atoms with van der Waals surface area (Å²) in [5, 5.41) is 4.99. The second-order valence-electron chi connectivity index (χ2n) is 3.45. The van der Waals surface area contributed by atoms with Gasteiger partial charge in [-0.05, 0) is 31.2 Å². The van der Waals surface area contributed by atoms with Crippen molar-refractivity contribution in [1.82, 2.24) is 5.32 Å². The molecule has 0 fully saturated rings. The van der Waals surface area contributed by atoms with Gasteiger partial charge in [-0.25, -0.2) is 0 Å². The van der Waals surface area contributed by atoms with Crippen molar-refractivity contribution in [3.8, 4) is 0 Å². The highest BCUT2D eigenvalue weighted by Crippen LogP contribution is 2.18. The Kier molecular flexibility index (Phi) is 5.73. The van der Waals surface area contributed by atoms with Crippen LogP contribution in [-0.2, 0) is 4.79 Å². The summed E-state index contributed by atoms with van der Waals surface area (Å²) in [6.07, 6.45) is 2.34. The molecule has 0 bridgehead atoms. The first-order chi connectivity index (χ1) is 7.24. The molecule has 0 aliphatic carbocycles. The minimum absolute atomic E-state index is 0.112. The van der Waals surface area contributed by atoms with Crippen LogP contribution in [-0.4, -0.2) is 11.8 Å². The third-order valence-electron chi connectivity index (χ3n) is 2.13. The summed E-state index contributed by atoms with van der Waals surface area (Å²) in [6.45, 7) is 2.01. The molecule has 2 nitrogen and oxygen atoms in total. The molecule has 1 aromatic rings. The average Bonchev–Trinajstić information content (AvgIpc) is 2.70. The van der Waals surface area contributed by atoms with E-state index < -0.39 is 0 Å². The molecule has 0 aliphatic rings. The van der Waals surface area contributed by atoms with E-state index in [0.717, 1.165) is 12.8 Å². The summed E-state index contributed by atoms with van der Waals surface area (Å²) >= 11 is 7.21. The monoisotopic (exact) mass is 245 g/mol. The number of thiophene rings is 1. The Balaban J connectivity index is 2.26. The van der Waals surface area contributed by atoms with Crippen LogP contribution in [0.4, 0.5) is 0 Å². The molecule has 1 rings (SSSR count). The zero-order valence-electron chi connectivity index (χ0n) is 8.83. The van der Waals surface area contributed by atoms with E-state index >= 15 is 0 Å². The van der Waals surface area contributed by atoms with E-state index in [9.17, 15) is 4.79 Å². The number of halogens is 1. The Morgan fingerprint density at radius 2 is 2.40 bits per heavy atom. The second kappa shape index (κ2) is 6.85. The van der Waals surface area contributed by atoms with Crippen molar-refractivity contribution in [1.29, 1.82) is 0 Å². The quantitative estimate of drug-likeness (QED) is 0.605. The van der Waals surface area contributed by atoms with E-state index in [4.69, 9.17) is 11.6 Å². The Morgan fingerprint density at radius 3 is 3.00 bits per heavy atom. The van der Waals surface area contributed by atoms with Gasteiger partial charge in [0.2, 0.25) is 5.91 Å². The molecule has 0 saturated carbocycles. The smallest absolute Gasteiger partial charge is 0.220 e. The number of alkyl halides is 1. The fourth-order valence-corrected chi connectivity index (χ4v) is 2.23. The number of nitrogens with one attached hydrogen (secondary N) is 1. The standard InChI is InChI=1S/C11H16ClNOS/c1-9(10-5-4-8-15-10)13-11(14)6-2-3-7-12/h4-5,8-9H,2-3,6-7H2,1H3,(H,13,14)/t9-/m0/s1. The lowest BCUT2D eigenvalue weighted by atomic mass is 10.2. The molecule has 1 atom stereocenters. The minimum atomic E-state index is 0.112. The van der Waals surface area contributed by atoms with Gasteiger partial charge in [-0.2, -0.15) is 0 Å². The predicted molar refractivity (Wildman–Crippen MR) is 65.4 cm³/mol. The molecule has 0 radical (unpaired) electrons. The maximum Gasteiger partial charge on any atom is 0.220 e. The lowest BCUT2D eigenvalue weighted by Gasteiger charge is -2.11. The van der Waals surface area contributed by atoms with E-state index in [1.807, 2.05) is 24.4 Å². The lowest BCUT2D eigenvalue weighted by Crippen LogP contribution is -2.25. The molecule has 84 valence electrons. The topological polar surface area (TPSA) is 29.1 Å². The van der Waals surface area contributed by atoms with E-state index in [-0.39, 0.29) is 11.9 Å². The van der Waals surface area contributed by atoms with Gasteiger partial charge < -0.3 is 5.32 Å². The van der Waals surface area contributed by atoms with Crippen LogP contribution in [0.5, 0.6) is 0 Å². The third kappa shape index (κ3) is 4.67. The maximum atomic E-state index is 11.5. The van der Waals surface area contributed by atoms with Crippen LogP contribution < -0.4 is 5.32 Å². The Hall–Kier alpha value is -0.540. The highest BCUT2D eigenvalue weighted by molar-refractivity contribution is 7.10. The van der Waals surface area contributed by atoms with Crippen molar-refractivity contribution < 1.29 is 4.79 Å². The minimum Gasteiger partial charge on any atom is -0.349 e. The van der Waals surface area contributed by atoms with Crippen LogP contribution in [0.1, 0.15) is 37.1 Å². The van der Waals surface area contributed by atoms with Crippen molar-refractivity contribution in [3.63, 3.8) is 0 Å². The number of unbranched alkanes of at least 4 members (excludes halogenated alkanes) is 1. The molecule has 1 heterocycles. The summed E-state index contributed by atoms with van der Waals surface area (Å²) in [6, 6.07) is 4.15. The summed E-state index contributed by atoms with van der Waals surface area (Å²) in [7, 11) is 0. The average molecular weight is 246 g/mol. The van der Waals surface area contributed by atoms with Gasteiger partial charge in [0.05, 0.1) is 6.04 Å². The van der Waals surface area contributed by atoms with Gasteiger partial charge in [-0.15, -0.1) is 22.9 Å². The Morgan fingerprint density at radius 1 is 1.60 bits per heavy atom. The number of amides is 1. The molecular weight excluding hydrogens is 230 g/mol. The Labute approximate surface area is 99.6 Å². The third-order valence-corrected chi connectivity index (χ3v) is 3.46. The largest absolute Gasteiger partial charge is 0.349 e. The number of carbonyl (C=O) groups excluding carboxylic acids is 1. The summed E-state index contributed by atoms with van der Waals surface area (Å²) in [4.78, 5) is 12.7. The van der Waals surface area contributed by atoms with Gasteiger partial charge >= 0.3 is 0 Å². The van der Waals surface area contributed by atoms with Crippen molar-refractivity contribution >= 4 is 28.8 Å². The van der Waals surface area contributed by atoms with Gasteiger partial charge in [0.1, 0.15) is 0 Å². The summed E-state index contributed by atoms with van der Waals surface area (Å²) < 4.78 is 0. The normalized spacial score (nSPS) is 12.4. The van der Waals surface area contributed by atoms with Crippen LogP contribution >= 0.6 is 22.9 Å².